The van der Waals surface area contributed by atoms with Gasteiger partial charge in [0.2, 0.25) is 12.3 Å². The van der Waals surface area contributed by atoms with E-state index >= 15 is 0 Å². The van der Waals surface area contributed by atoms with E-state index in [0.29, 0.717) is 32.8 Å². The topological polar surface area (TPSA) is 90.7 Å². The van der Waals surface area contributed by atoms with E-state index in [1.54, 1.807) is 0 Å². The van der Waals surface area contributed by atoms with Crippen molar-refractivity contribution < 1.29 is 19.1 Å². The maximum absolute atomic E-state index is 10.2. The van der Waals surface area contributed by atoms with Gasteiger partial charge in [0.1, 0.15) is 6.61 Å². The Morgan fingerprint density at radius 2 is 2.00 bits per heavy atom. The van der Waals surface area contributed by atoms with Crippen LogP contribution in [-0.2, 0) is 19.1 Å². The van der Waals surface area contributed by atoms with Gasteiger partial charge in [0.15, 0.2) is 0 Å². The van der Waals surface area contributed by atoms with Gasteiger partial charge in [0, 0.05) is 6.54 Å². The van der Waals surface area contributed by atoms with E-state index in [1.165, 1.54) is 0 Å². The van der Waals surface area contributed by atoms with Crippen molar-refractivity contribution >= 4 is 12.3 Å². The van der Waals surface area contributed by atoms with Crippen molar-refractivity contribution in [2.45, 2.75) is 0 Å². The molecule has 0 saturated carbocycles. The second kappa shape index (κ2) is 8.95. The minimum atomic E-state index is -0.498. The number of hydrogen-bond acceptors (Lipinski definition) is 4. The molecule has 6 nitrogen and oxygen atoms in total. The molecule has 0 unspecified atom stereocenters. The van der Waals surface area contributed by atoms with Crippen LogP contribution in [0, 0.1) is 0 Å². The normalized spacial score (nSPS) is 9.54. The maximum atomic E-state index is 10.2. The minimum Gasteiger partial charge on any atom is -0.377 e. The molecule has 76 valence electrons. The fourth-order valence-electron chi connectivity index (χ4n) is 0.583. The minimum absolute atomic E-state index is 0.0874. The Hall–Kier alpha value is -1.14. The lowest BCUT2D eigenvalue weighted by atomic mass is 10.6. The Morgan fingerprint density at radius 3 is 2.62 bits per heavy atom. The number of rotatable bonds is 9. The van der Waals surface area contributed by atoms with Gasteiger partial charge >= 0.3 is 0 Å². The predicted octanol–water partition coefficient (Wildman–Crippen LogP) is -1.75. The molecule has 0 aromatic heterocycles. The van der Waals surface area contributed by atoms with Crippen molar-refractivity contribution in [3.8, 4) is 0 Å². The molecule has 6 heteroatoms. The Kier molecular flexibility index (Phi) is 8.17. The molecule has 0 radical (unpaired) electrons. The van der Waals surface area contributed by atoms with Gasteiger partial charge in [-0.05, 0) is 0 Å². The summed E-state index contributed by atoms with van der Waals surface area (Å²) in [6.45, 7) is 1.52. The number of nitrogens with one attached hydrogen (secondary N) is 1. The first kappa shape index (κ1) is 11.9. The molecule has 0 aliphatic heterocycles. The molecule has 0 heterocycles. The molecule has 0 aromatic rings. The third-order valence-corrected chi connectivity index (χ3v) is 1.09. The van der Waals surface area contributed by atoms with Crippen LogP contribution in [0.1, 0.15) is 0 Å². The third-order valence-electron chi connectivity index (χ3n) is 1.09. The fraction of sp³-hybridized carbons (Fsp3) is 0.714. The number of nitrogens with two attached hydrogens (primary N) is 1. The molecule has 0 aromatic carbocycles. The van der Waals surface area contributed by atoms with Gasteiger partial charge in [-0.15, -0.1) is 0 Å². The lowest BCUT2D eigenvalue weighted by Crippen LogP contribution is -2.21. The molecule has 0 spiro atoms. The first-order chi connectivity index (χ1) is 6.27. The predicted molar refractivity (Wildman–Crippen MR) is 44.9 cm³/mol. The highest BCUT2D eigenvalue weighted by atomic mass is 16.5. The summed E-state index contributed by atoms with van der Waals surface area (Å²) in [5.74, 6) is -0.498. The van der Waals surface area contributed by atoms with Crippen LogP contribution in [0.5, 0.6) is 0 Å². The number of primary amides is 1. The quantitative estimate of drug-likeness (QED) is 0.333. The SMILES string of the molecule is NC(=O)COCCOCCNC=O. The highest BCUT2D eigenvalue weighted by Crippen LogP contribution is 1.77. The highest BCUT2D eigenvalue weighted by molar-refractivity contribution is 5.74. The Morgan fingerprint density at radius 1 is 1.31 bits per heavy atom. The zero-order valence-electron chi connectivity index (χ0n) is 7.32. The van der Waals surface area contributed by atoms with Crippen molar-refractivity contribution in [3.63, 3.8) is 0 Å². The molecule has 3 N–H and O–H groups in total. The molecule has 0 fully saturated rings. The smallest absolute Gasteiger partial charge is 0.243 e. The Bertz CT molecular complexity index is 151. The number of carbonyl (C=O) groups excluding carboxylic acids is 2. The molecular formula is C7H14N2O4. The van der Waals surface area contributed by atoms with Crippen LogP contribution >= 0.6 is 0 Å². The van der Waals surface area contributed by atoms with E-state index in [2.05, 4.69) is 5.32 Å². The summed E-state index contributed by atoms with van der Waals surface area (Å²) in [6, 6.07) is 0. The Balaban J connectivity index is 2.91. The van der Waals surface area contributed by atoms with E-state index in [1.807, 2.05) is 0 Å². The standard InChI is InChI=1S/C7H14N2O4/c8-7(11)5-13-4-3-12-2-1-9-6-10/h6H,1-5H2,(H2,8,11)(H,9,10). The largest absolute Gasteiger partial charge is 0.377 e. The monoisotopic (exact) mass is 190 g/mol. The molecule has 0 atom stereocenters. The van der Waals surface area contributed by atoms with Gasteiger partial charge in [0.05, 0.1) is 19.8 Å². The van der Waals surface area contributed by atoms with Crippen molar-refractivity contribution in [2.24, 2.45) is 5.73 Å². The highest BCUT2D eigenvalue weighted by Gasteiger charge is 1.93. The lowest BCUT2D eigenvalue weighted by molar-refractivity contribution is -0.123. The van der Waals surface area contributed by atoms with E-state index in [4.69, 9.17) is 15.2 Å². The summed E-state index contributed by atoms with van der Waals surface area (Å²) >= 11 is 0. The van der Waals surface area contributed by atoms with Crippen molar-refractivity contribution in [3.05, 3.63) is 0 Å². The molecule has 0 aliphatic rings. The maximum Gasteiger partial charge on any atom is 0.243 e. The molecule has 0 bridgehead atoms. The number of ether oxygens (including phenoxy) is 2. The van der Waals surface area contributed by atoms with Crippen LogP contribution in [0.3, 0.4) is 0 Å². The van der Waals surface area contributed by atoms with Gasteiger partial charge in [-0.25, -0.2) is 0 Å². The first-order valence-corrected chi connectivity index (χ1v) is 3.88. The van der Waals surface area contributed by atoms with Gasteiger partial charge in [-0.1, -0.05) is 0 Å². The van der Waals surface area contributed by atoms with Crippen LogP contribution in [0.2, 0.25) is 0 Å². The lowest BCUT2D eigenvalue weighted by Gasteiger charge is -2.03. The number of hydrogen-bond donors (Lipinski definition) is 2. The number of carbonyl (C=O) groups is 2. The van der Waals surface area contributed by atoms with Gasteiger partial charge in [-0.2, -0.15) is 0 Å². The molecule has 2 amide bonds. The number of amides is 2. The summed E-state index contributed by atoms with van der Waals surface area (Å²) < 4.78 is 9.83. The van der Waals surface area contributed by atoms with Crippen LogP contribution in [0.4, 0.5) is 0 Å². The van der Waals surface area contributed by atoms with E-state index in [0.717, 1.165) is 0 Å². The molecule has 13 heavy (non-hydrogen) atoms. The molecular weight excluding hydrogens is 176 g/mol. The fourth-order valence-corrected chi connectivity index (χ4v) is 0.583. The summed E-state index contributed by atoms with van der Waals surface area (Å²) in [7, 11) is 0. The molecule has 0 rings (SSSR count). The zero-order valence-corrected chi connectivity index (χ0v) is 7.32. The van der Waals surface area contributed by atoms with Crippen molar-refractivity contribution in [1.29, 1.82) is 0 Å². The second-order valence-electron chi connectivity index (χ2n) is 2.20. The van der Waals surface area contributed by atoms with Gasteiger partial charge < -0.3 is 20.5 Å². The van der Waals surface area contributed by atoms with E-state index in [-0.39, 0.29) is 6.61 Å². The molecule has 0 saturated heterocycles. The van der Waals surface area contributed by atoms with Crippen LogP contribution in [-0.4, -0.2) is 45.3 Å². The summed E-state index contributed by atoms with van der Waals surface area (Å²) in [6.07, 6.45) is 0.604. The average Bonchev–Trinajstić information content (AvgIpc) is 2.09. The van der Waals surface area contributed by atoms with Crippen molar-refractivity contribution in [2.75, 3.05) is 33.0 Å². The van der Waals surface area contributed by atoms with E-state index in [9.17, 15) is 9.59 Å². The van der Waals surface area contributed by atoms with Crippen molar-refractivity contribution in [1.82, 2.24) is 5.32 Å². The Labute approximate surface area is 76.4 Å². The second-order valence-corrected chi connectivity index (χ2v) is 2.20. The summed E-state index contributed by atoms with van der Waals surface area (Å²) in [4.78, 5) is 20.0. The van der Waals surface area contributed by atoms with Gasteiger partial charge in [-0.3, -0.25) is 9.59 Å². The third kappa shape index (κ3) is 10.9. The van der Waals surface area contributed by atoms with Crippen LogP contribution in [0.25, 0.3) is 0 Å². The van der Waals surface area contributed by atoms with Gasteiger partial charge in [0.25, 0.3) is 0 Å². The van der Waals surface area contributed by atoms with Crippen LogP contribution < -0.4 is 11.1 Å². The summed E-state index contributed by atoms with van der Waals surface area (Å²) in [5, 5.41) is 2.44. The summed E-state index contributed by atoms with van der Waals surface area (Å²) in [5.41, 5.74) is 4.82. The molecule has 0 aliphatic carbocycles. The zero-order chi connectivity index (χ0) is 9.94. The van der Waals surface area contributed by atoms with Crippen LogP contribution in [0.15, 0.2) is 0 Å². The van der Waals surface area contributed by atoms with E-state index < -0.39 is 5.91 Å². The average molecular weight is 190 g/mol. The first-order valence-electron chi connectivity index (χ1n) is 3.88.